The number of nitrogens with zero attached hydrogens (tertiary/aromatic N) is 2. The molecule has 3 aromatic carbocycles. The summed E-state index contributed by atoms with van der Waals surface area (Å²) in [6.07, 6.45) is 0.400. The molecule has 0 saturated heterocycles. The molecule has 4 aromatic rings. The van der Waals surface area contributed by atoms with Gasteiger partial charge in [0.1, 0.15) is 5.71 Å². The van der Waals surface area contributed by atoms with Crippen molar-refractivity contribution in [2.24, 2.45) is 10.6 Å². The van der Waals surface area contributed by atoms with E-state index in [1.807, 2.05) is 82.3 Å². The zero-order valence-electron chi connectivity index (χ0n) is 24.7. The van der Waals surface area contributed by atoms with Gasteiger partial charge in [-0.25, -0.2) is 4.79 Å². The molecule has 4 rings (SSSR count). The number of Topliss-reactive ketones (excluding diaryl/α,β-unsaturated/α-hetero) is 2. The van der Waals surface area contributed by atoms with Gasteiger partial charge in [-0.05, 0) is 55.3 Å². The minimum absolute atomic E-state index is 0.0281. The maximum absolute atomic E-state index is 13.7. The van der Waals surface area contributed by atoms with Crippen molar-refractivity contribution >= 4 is 51.0 Å². The average molecular weight is 569 g/mol. The largest absolute Gasteiger partial charge is 0.469 e. The lowest BCUT2D eigenvalue weighted by Crippen LogP contribution is -2.20. The lowest BCUT2D eigenvalue weighted by atomic mass is 9.86. The van der Waals surface area contributed by atoms with Crippen LogP contribution in [0.25, 0.3) is 21.8 Å². The molecule has 0 atom stereocenters. The molecule has 8 heteroatoms. The van der Waals surface area contributed by atoms with Crippen LogP contribution in [0.2, 0.25) is 0 Å². The van der Waals surface area contributed by atoms with Crippen molar-refractivity contribution in [3.05, 3.63) is 83.4 Å². The number of carbonyl (C=O) groups excluding carboxylic acids is 4. The van der Waals surface area contributed by atoms with Crippen molar-refractivity contribution in [1.82, 2.24) is 4.57 Å². The van der Waals surface area contributed by atoms with E-state index in [2.05, 4.69) is 9.72 Å². The number of rotatable bonds is 11. The SMILES string of the molecule is CCn1c2ccc(C(=O)/C(CCC(=O)OC)=N\OC(=O)CCc3ccccc3)cc2c2cc(C(=O)C(C)(C)C)ccc21. The Labute approximate surface area is 245 Å². The summed E-state index contributed by atoms with van der Waals surface area (Å²) in [5, 5.41) is 5.58. The van der Waals surface area contributed by atoms with Gasteiger partial charge in [-0.15, -0.1) is 0 Å². The lowest BCUT2D eigenvalue weighted by Gasteiger charge is -2.16. The number of benzene rings is 3. The molecule has 0 radical (unpaired) electrons. The summed E-state index contributed by atoms with van der Waals surface area (Å²) < 4.78 is 6.86. The van der Waals surface area contributed by atoms with Gasteiger partial charge in [0.05, 0.1) is 20.0 Å². The van der Waals surface area contributed by atoms with Crippen molar-refractivity contribution < 1.29 is 28.8 Å². The third-order valence-electron chi connectivity index (χ3n) is 7.16. The van der Waals surface area contributed by atoms with Gasteiger partial charge < -0.3 is 14.1 Å². The number of ketones is 2. The Balaban J connectivity index is 1.67. The Morgan fingerprint density at radius 2 is 1.40 bits per heavy atom. The number of aryl methyl sites for hydroxylation is 2. The second-order valence-electron chi connectivity index (χ2n) is 11.2. The van der Waals surface area contributed by atoms with E-state index in [1.54, 1.807) is 12.1 Å². The fourth-order valence-corrected chi connectivity index (χ4v) is 4.89. The summed E-state index contributed by atoms with van der Waals surface area (Å²) in [7, 11) is 1.26. The van der Waals surface area contributed by atoms with Gasteiger partial charge in [0, 0.05) is 51.3 Å². The second-order valence-corrected chi connectivity index (χ2v) is 11.2. The maximum Gasteiger partial charge on any atom is 0.335 e. The smallest absolute Gasteiger partial charge is 0.335 e. The van der Waals surface area contributed by atoms with Gasteiger partial charge in [-0.3, -0.25) is 14.4 Å². The highest BCUT2D eigenvalue weighted by Gasteiger charge is 2.24. The predicted octanol–water partition coefficient (Wildman–Crippen LogP) is 6.71. The Hall–Kier alpha value is -4.59. The molecule has 0 aliphatic heterocycles. The quantitative estimate of drug-likeness (QED) is 0.0655. The summed E-state index contributed by atoms with van der Waals surface area (Å²) in [4.78, 5) is 56.1. The van der Waals surface area contributed by atoms with Crippen molar-refractivity contribution in [1.29, 1.82) is 0 Å². The first kappa shape index (κ1) is 30.4. The molecule has 0 unspecified atom stereocenters. The van der Waals surface area contributed by atoms with Crippen LogP contribution in [0.15, 0.2) is 71.9 Å². The van der Waals surface area contributed by atoms with Gasteiger partial charge >= 0.3 is 11.9 Å². The van der Waals surface area contributed by atoms with E-state index in [-0.39, 0.29) is 30.8 Å². The predicted molar refractivity (Wildman–Crippen MR) is 163 cm³/mol. The third-order valence-corrected chi connectivity index (χ3v) is 7.16. The molecule has 8 nitrogen and oxygen atoms in total. The number of hydrogen-bond acceptors (Lipinski definition) is 7. The molecular weight excluding hydrogens is 532 g/mol. The number of hydrogen-bond donors (Lipinski definition) is 0. The van der Waals surface area contributed by atoms with Crippen molar-refractivity contribution in [3.8, 4) is 0 Å². The normalized spacial score (nSPS) is 12.0. The Morgan fingerprint density at radius 3 is 2.00 bits per heavy atom. The number of carbonyl (C=O) groups is 4. The Kier molecular flexibility index (Phi) is 9.35. The number of fused-ring (bicyclic) bond motifs is 3. The summed E-state index contributed by atoms with van der Waals surface area (Å²) in [6.45, 7) is 8.39. The fraction of sp³-hybridized carbons (Fsp3) is 0.324. The highest BCUT2D eigenvalue weighted by molar-refractivity contribution is 6.46. The number of aromatic nitrogens is 1. The summed E-state index contributed by atoms with van der Waals surface area (Å²) in [5.41, 5.74) is 3.18. The van der Waals surface area contributed by atoms with Crippen LogP contribution in [0, 0.1) is 5.41 Å². The van der Waals surface area contributed by atoms with E-state index in [4.69, 9.17) is 9.57 Å². The molecule has 0 N–H and O–H groups in total. The van der Waals surface area contributed by atoms with Crippen LogP contribution in [-0.4, -0.2) is 40.9 Å². The first-order chi connectivity index (χ1) is 20.0. The van der Waals surface area contributed by atoms with Gasteiger partial charge in [0.2, 0.25) is 5.78 Å². The first-order valence-corrected chi connectivity index (χ1v) is 14.1. The standard InChI is InChI=1S/C34H36N2O6/c1-6-36-28-16-13-23(20-25(28)26-21-24(14-17-29(26)36)33(40)34(2,3)4)32(39)27(15-19-30(37)41-5)35-42-31(38)18-12-22-10-8-7-9-11-22/h7-11,13-14,16-17,20-21H,6,12,15,18-19H2,1-5H3/b35-27-. The highest BCUT2D eigenvalue weighted by Crippen LogP contribution is 2.32. The van der Waals surface area contributed by atoms with Crippen LogP contribution in [0.4, 0.5) is 0 Å². The molecule has 0 aliphatic carbocycles. The third kappa shape index (κ3) is 6.82. The van der Waals surface area contributed by atoms with Crippen LogP contribution >= 0.6 is 0 Å². The number of ether oxygens (including phenoxy) is 1. The molecule has 0 spiro atoms. The second kappa shape index (κ2) is 12.9. The van der Waals surface area contributed by atoms with Crippen molar-refractivity contribution in [2.45, 2.75) is 59.9 Å². The molecule has 0 aliphatic rings. The van der Waals surface area contributed by atoms with E-state index in [9.17, 15) is 19.2 Å². The molecular formula is C34H36N2O6. The van der Waals surface area contributed by atoms with Crippen molar-refractivity contribution in [3.63, 3.8) is 0 Å². The van der Waals surface area contributed by atoms with Gasteiger partial charge in [0.15, 0.2) is 5.78 Å². The fourth-order valence-electron chi connectivity index (χ4n) is 4.89. The van der Waals surface area contributed by atoms with E-state index in [0.29, 0.717) is 24.1 Å². The summed E-state index contributed by atoms with van der Waals surface area (Å²) >= 11 is 0. The topological polar surface area (TPSA) is 104 Å². The van der Waals surface area contributed by atoms with E-state index in [0.717, 1.165) is 27.4 Å². The molecule has 218 valence electrons. The average Bonchev–Trinajstić information content (AvgIpc) is 3.31. The van der Waals surface area contributed by atoms with Crippen LogP contribution in [0.3, 0.4) is 0 Å². The molecule has 1 heterocycles. The van der Waals surface area contributed by atoms with Gasteiger partial charge in [-0.2, -0.15) is 0 Å². The summed E-state index contributed by atoms with van der Waals surface area (Å²) in [6, 6.07) is 20.5. The highest BCUT2D eigenvalue weighted by atomic mass is 16.7. The summed E-state index contributed by atoms with van der Waals surface area (Å²) in [5.74, 6) is -1.53. The number of esters is 1. The minimum atomic E-state index is -0.584. The Morgan fingerprint density at radius 1 is 0.786 bits per heavy atom. The first-order valence-electron chi connectivity index (χ1n) is 14.1. The zero-order chi connectivity index (χ0) is 30.4. The van der Waals surface area contributed by atoms with Crippen LogP contribution in [0.1, 0.15) is 73.2 Å². The van der Waals surface area contributed by atoms with Crippen LogP contribution in [-0.2, 0) is 32.1 Å². The Bertz CT molecular complexity index is 1680. The maximum atomic E-state index is 13.7. The molecule has 0 amide bonds. The number of methoxy groups -OCH3 is 1. The lowest BCUT2D eigenvalue weighted by molar-refractivity contribution is -0.143. The van der Waals surface area contributed by atoms with Gasteiger partial charge in [-0.1, -0.05) is 56.3 Å². The van der Waals surface area contributed by atoms with Crippen molar-refractivity contribution in [2.75, 3.05) is 7.11 Å². The monoisotopic (exact) mass is 568 g/mol. The molecule has 42 heavy (non-hydrogen) atoms. The van der Waals surface area contributed by atoms with E-state index >= 15 is 0 Å². The molecule has 0 saturated carbocycles. The molecule has 1 aromatic heterocycles. The van der Waals surface area contributed by atoms with E-state index in [1.165, 1.54) is 7.11 Å². The van der Waals surface area contributed by atoms with Crippen LogP contribution < -0.4 is 0 Å². The molecule has 0 fully saturated rings. The van der Waals surface area contributed by atoms with Gasteiger partial charge in [0.25, 0.3) is 0 Å². The van der Waals surface area contributed by atoms with E-state index < -0.39 is 23.1 Å². The molecule has 0 bridgehead atoms. The number of oxime groups is 1. The van der Waals surface area contributed by atoms with Crippen LogP contribution in [0.5, 0.6) is 0 Å². The minimum Gasteiger partial charge on any atom is -0.469 e. The zero-order valence-corrected chi connectivity index (χ0v) is 24.7.